The molecule has 6 heteroatoms. The quantitative estimate of drug-likeness (QED) is 0.479. The van der Waals surface area contributed by atoms with Crippen molar-refractivity contribution in [1.82, 2.24) is 0 Å². The normalized spacial score (nSPS) is 14.0. The minimum atomic E-state index is -0.666. The Hall–Kier alpha value is -1.34. The van der Waals surface area contributed by atoms with Crippen molar-refractivity contribution in [3.8, 4) is 11.5 Å². The fourth-order valence-electron chi connectivity index (χ4n) is 1.15. The molecule has 0 saturated carbocycles. The van der Waals surface area contributed by atoms with Gasteiger partial charge in [0.05, 0.1) is 0 Å². The van der Waals surface area contributed by atoms with Crippen LogP contribution in [-0.2, 0) is 0 Å². The number of aliphatic hydroxyl groups excluding tert-OH is 2. The van der Waals surface area contributed by atoms with Gasteiger partial charge in [0.25, 0.3) is 0 Å². The third-order valence-corrected chi connectivity index (χ3v) is 2.25. The molecule has 2 atom stereocenters. The highest BCUT2D eigenvalue weighted by Crippen LogP contribution is 2.17. The lowest BCUT2D eigenvalue weighted by Gasteiger charge is -2.12. The lowest BCUT2D eigenvalue weighted by atomic mass is 10.3. The van der Waals surface area contributed by atoms with Gasteiger partial charge in [0.2, 0.25) is 0 Å². The Morgan fingerprint density at radius 2 is 1.17 bits per heavy atom. The minimum Gasteiger partial charge on any atom is -0.491 e. The van der Waals surface area contributed by atoms with Gasteiger partial charge >= 0.3 is 0 Å². The lowest BCUT2D eigenvalue weighted by Crippen LogP contribution is -2.26. The number of benzene rings is 1. The first-order valence-corrected chi connectivity index (χ1v) is 5.77. The number of ether oxygens (including phenoxy) is 2. The van der Waals surface area contributed by atoms with E-state index in [0.717, 1.165) is 0 Å². The summed E-state index contributed by atoms with van der Waals surface area (Å²) in [5, 5.41) is 18.5. The van der Waals surface area contributed by atoms with E-state index >= 15 is 0 Å². The Morgan fingerprint density at radius 1 is 0.833 bits per heavy atom. The smallest absolute Gasteiger partial charge is 0.119 e. The van der Waals surface area contributed by atoms with Crippen LogP contribution in [0.4, 0.5) is 0 Å². The highest BCUT2D eigenvalue weighted by atomic mass is 16.5. The first-order chi connectivity index (χ1) is 8.65. The highest BCUT2D eigenvalue weighted by molar-refractivity contribution is 5.31. The summed E-state index contributed by atoms with van der Waals surface area (Å²) in [5.41, 5.74) is 10.5. The van der Waals surface area contributed by atoms with Crippen molar-refractivity contribution < 1.29 is 19.7 Å². The first-order valence-electron chi connectivity index (χ1n) is 5.77. The number of hydrogen-bond acceptors (Lipinski definition) is 6. The van der Waals surface area contributed by atoms with Crippen molar-refractivity contribution in [2.75, 3.05) is 26.3 Å². The van der Waals surface area contributed by atoms with Crippen LogP contribution in [0, 0.1) is 0 Å². The molecular formula is C12H20N2O4. The number of nitrogens with two attached hydrogens (primary N) is 2. The van der Waals surface area contributed by atoms with Crippen molar-refractivity contribution >= 4 is 0 Å². The van der Waals surface area contributed by atoms with Crippen LogP contribution >= 0.6 is 0 Å². The van der Waals surface area contributed by atoms with Crippen molar-refractivity contribution in [3.63, 3.8) is 0 Å². The summed E-state index contributed by atoms with van der Waals surface area (Å²) in [4.78, 5) is 0. The zero-order valence-corrected chi connectivity index (χ0v) is 10.2. The zero-order valence-electron chi connectivity index (χ0n) is 10.2. The fourth-order valence-corrected chi connectivity index (χ4v) is 1.15. The van der Waals surface area contributed by atoms with E-state index in [4.69, 9.17) is 20.9 Å². The second-order valence-corrected chi connectivity index (χ2v) is 3.87. The van der Waals surface area contributed by atoms with Gasteiger partial charge < -0.3 is 31.2 Å². The summed E-state index contributed by atoms with van der Waals surface area (Å²) in [6.45, 7) is 0.640. The molecule has 0 unspecified atom stereocenters. The van der Waals surface area contributed by atoms with E-state index in [1.165, 1.54) is 0 Å². The van der Waals surface area contributed by atoms with Crippen LogP contribution < -0.4 is 20.9 Å². The maximum atomic E-state index is 9.23. The summed E-state index contributed by atoms with van der Waals surface area (Å²) in [7, 11) is 0. The summed E-state index contributed by atoms with van der Waals surface area (Å²) in [5.74, 6) is 1.24. The average Bonchev–Trinajstić information content (AvgIpc) is 2.43. The van der Waals surface area contributed by atoms with E-state index in [1.807, 2.05) is 0 Å². The molecule has 102 valence electrons. The predicted octanol–water partition coefficient (Wildman–Crippen LogP) is -0.917. The molecule has 0 aliphatic carbocycles. The van der Waals surface area contributed by atoms with Crippen LogP contribution in [-0.4, -0.2) is 48.7 Å². The van der Waals surface area contributed by atoms with Gasteiger partial charge in [-0.25, -0.2) is 0 Å². The van der Waals surface area contributed by atoms with Gasteiger partial charge in [-0.05, 0) is 24.3 Å². The van der Waals surface area contributed by atoms with E-state index in [2.05, 4.69) is 0 Å². The molecular weight excluding hydrogens is 236 g/mol. The van der Waals surface area contributed by atoms with Gasteiger partial charge in [-0.15, -0.1) is 0 Å². The zero-order chi connectivity index (χ0) is 13.4. The molecule has 0 radical (unpaired) electrons. The molecule has 6 N–H and O–H groups in total. The van der Waals surface area contributed by atoms with E-state index in [-0.39, 0.29) is 26.3 Å². The van der Waals surface area contributed by atoms with Crippen molar-refractivity contribution in [1.29, 1.82) is 0 Å². The molecule has 0 aliphatic rings. The van der Waals surface area contributed by atoms with Gasteiger partial charge in [0, 0.05) is 13.1 Å². The Kier molecular flexibility index (Phi) is 6.45. The van der Waals surface area contributed by atoms with Crippen molar-refractivity contribution in [3.05, 3.63) is 24.3 Å². The van der Waals surface area contributed by atoms with E-state index in [1.54, 1.807) is 24.3 Å². The second-order valence-electron chi connectivity index (χ2n) is 3.87. The summed E-state index contributed by atoms with van der Waals surface area (Å²) >= 11 is 0. The molecule has 0 aliphatic heterocycles. The van der Waals surface area contributed by atoms with Gasteiger partial charge in [-0.1, -0.05) is 0 Å². The van der Waals surface area contributed by atoms with E-state index < -0.39 is 12.2 Å². The summed E-state index contributed by atoms with van der Waals surface area (Å²) < 4.78 is 10.6. The third-order valence-electron chi connectivity index (χ3n) is 2.25. The van der Waals surface area contributed by atoms with Gasteiger partial charge in [-0.2, -0.15) is 0 Å². The van der Waals surface area contributed by atoms with Crippen molar-refractivity contribution in [2.24, 2.45) is 11.5 Å². The second kappa shape index (κ2) is 7.88. The number of aliphatic hydroxyl groups is 2. The topological polar surface area (TPSA) is 111 Å². The predicted molar refractivity (Wildman–Crippen MR) is 67.6 cm³/mol. The van der Waals surface area contributed by atoms with E-state index in [0.29, 0.717) is 11.5 Å². The lowest BCUT2D eigenvalue weighted by molar-refractivity contribution is 0.112. The summed E-state index contributed by atoms with van der Waals surface area (Å²) in [6.07, 6.45) is -1.33. The van der Waals surface area contributed by atoms with Gasteiger partial charge in [-0.3, -0.25) is 0 Å². The molecule has 0 aromatic heterocycles. The number of hydrogen-bond donors (Lipinski definition) is 4. The molecule has 1 aromatic carbocycles. The molecule has 1 aromatic rings. The largest absolute Gasteiger partial charge is 0.491 e. The highest BCUT2D eigenvalue weighted by Gasteiger charge is 2.04. The molecule has 0 heterocycles. The van der Waals surface area contributed by atoms with Crippen LogP contribution in [0.2, 0.25) is 0 Å². The van der Waals surface area contributed by atoms with Crippen LogP contribution in [0.3, 0.4) is 0 Å². The fraction of sp³-hybridized carbons (Fsp3) is 0.500. The molecule has 18 heavy (non-hydrogen) atoms. The minimum absolute atomic E-state index is 0.155. The summed E-state index contributed by atoms with van der Waals surface area (Å²) in [6, 6.07) is 6.86. The standard InChI is InChI=1S/C12H20N2O4/c13-5-9(15)7-17-11-1-2-12(4-3-11)18-8-10(16)6-14/h1-4,9-10,15-16H,5-8,13-14H2/t9-,10-/m1/s1. The van der Waals surface area contributed by atoms with Crippen LogP contribution in [0.5, 0.6) is 11.5 Å². The molecule has 0 fully saturated rings. The van der Waals surface area contributed by atoms with Crippen LogP contribution in [0.15, 0.2) is 24.3 Å². The van der Waals surface area contributed by atoms with Crippen molar-refractivity contribution in [2.45, 2.75) is 12.2 Å². The van der Waals surface area contributed by atoms with E-state index in [9.17, 15) is 10.2 Å². The monoisotopic (exact) mass is 256 g/mol. The number of rotatable bonds is 8. The Labute approximate surface area is 106 Å². The van der Waals surface area contributed by atoms with Gasteiger partial charge in [0.15, 0.2) is 0 Å². The maximum absolute atomic E-state index is 9.23. The SMILES string of the molecule is NC[C@@H](O)COc1ccc(OC[C@H](O)CN)cc1. The molecule has 0 saturated heterocycles. The Morgan fingerprint density at radius 3 is 1.44 bits per heavy atom. The van der Waals surface area contributed by atoms with Crippen LogP contribution in [0.25, 0.3) is 0 Å². The van der Waals surface area contributed by atoms with Crippen LogP contribution in [0.1, 0.15) is 0 Å². The molecule has 1 rings (SSSR count). The molecule has 0 amide bonds. The third kappa shape index (κ3) is 5.33. The van der Waals surface area contributed by atoms with Gasteiger partial charge in [0.1, 0.15) is 36.9 Å². The Bertz CT molecular complexity index is 298. The maximum Gasteiger partial charge on any atom is 0.119 e. The molecule has 0 spiro atoms. The molecule has 0 bridgehead atoms. The molecule has 6 nitrogen and oxygen atoms in total. The Balaban J connectivity index is 2.37. The first kappa shape index (κ1) is 14.7. The average molecular weight is 256 g/mol.